The molecular weight excluding hydrogens is 493 g/mol. The van der Waals surface area contributed by atoms with E-state index in [0.29, 0.717) is 35.7 Å². The summed E-state index contributed by atoms with van der Waals surface area (Å²) < 4.78 is 37.4. The largest absolute Gasteiger partial charge is 0.508 e. The molecular formula is C28H22FN3O6. The number of aromatic hydroxyl groups is 1. The molecule has 0 radical (unpaired) electrons. The van der Waals surface area contributed by atoms with Gasteiger partial charge in [-0.2, -0.15) is 9.97 Å². The first-order valence-electron chi connectivity index (χ1n) is 11.9. The number of methoxy groups -OCH3 is 1. The van der Waals surface area contributed by atoms with Crippen molar-refractivity contribution in [1.82, 2.24) is 9.97 Å². The number of aromatic nitrogens is 2. The number of benzene rings is 3. The van der Waals surface area contributed by atoms with Gasteiger partial charge >= 0.3 is 11.6 Å². The first-order valence-corrected chi connectivity index (χ1v) is 11.9. The van der Waals surface area contributed by atoms with Crippen LogP contribution >= 0.6 is 0 Å². The van der Waals surface area contributed by atoms with Gasteiger partial charge in [-0.1, -0.05) is 24.3 Å². The number of para-hydroxylation sites is 1. The molecule has 0 saturated carbocycles. The molecule has 10 heteroatoms. The van der Waals surface area contributed by atoms with E-state index in [9.17, 15) is 14.3 Å². The third-order valence-electron chi connectivity index (χ3n) is 6.42. The fourth-order valence-corrected chi connectivity index (χ4v) is 4.71. The van der Waals surface area contributed by atoms with Gasteiger partial charge in [-0.15, -0.1) is 0 Å². The second-order valence-corrected chi connectivity index (χ2v) is 8.75. The Morgan fingerprint density at radius 3 is 2.74 bits per heavy atom. The van der Waals surface area contributed by atoms with Crippen molar-refractivity contribution < 1.29 is 28.1 Å². The lowest BCUT2D eigenvalue weighted by atomic mass is 9.98. The smallest absolute Gasteiger partial charge is 0.349 e. The Morgan fingerprint density at radius 1 is 1.08 bits per heavy atom. The number of rotatable bonds is 5. The van der Waals surface area contributed by atoms with Gasteiger partial charge in [0.2, 0.25) is 0 Å². The van der Waals surface area contributed by atoms with E-state index < -0.39 is 11.4 Å². The van der Waals surface area contributed by atoms with Crippen LogP contribution < -0.4 is 25.2 Å². The summed E-state index contributed by atoms with van der Waals surface area (Å²) in [7, 11) is 1.42. The highest BCUT2D eigenvalue weighted by Gasteiger charge is 2.23. The van der Waals surface area contributed by atoms with Crippen LogP contribution in [0.1, 0.15) is 11.1 Å². The number of hydrogen-bond acceptors (Lipinski definition) is 9. The third kappa shape index (κ3) is 3.90. The van der Waals surface area contributed by atoms with Crippen molar-refractivity contribution in [2.45, 2.75) is 13.5 Å². The van der Waals surface area contributed by atoms with Crippen LogP contribution in [0.4, 0.5) is 10.2 Å². The zero-order valence-corrected chi connectivity index (χ0v) is 20.5. The Hall–Kier alpha value is -4.86. The minimum atomic E-state index is -0.728. The lowest BCUT2D eigenvalue weighted by Crippen LogP contribution is -2.17. The maximum absolute atomic E-state index is 14.9. The lowest BCUT2D eigenvalue weighted by Gasteiger charge is -2.21. The van der Waals surface area contributed by atoms with Crippen LogP contribution in [0, 0.1) is 12.7 Å². The Kier molecular flexibility index (Phi) is 5.71. The fourth-order valence-electron chi connectivity index (χ4n) is 4.71. The van der Waals surface area contributed by atoms with Crippen LogP contribution in [-0.2, 0) is 6.54 Å². The number of nitrogens with one attached hydrogen (secondary N) is 1. The van der Waals surface area contributed by atoms with Crippen LogP contribution in [0.2, 0.25) is 0 Å². The molecule has 3 heterocycles. The number of ether oxygens (including phenoxy) is 3. The van der Waals surface area contributed by atoms with E-state index in [1.165, 1.54) is 25.3 Å². The number of phenols is 1. The quantitative estimate of drug-likeness (QED) is 0.335. The average Bonchev–Trinajstić information content (AvgIpc) is 2.92. The topological polar surface area (TPSA) is 116 Å². The van der Waals surface area contributed by atoms with E-state index in [4.69, 9.17) is 18.6 Å². The van der Waals surface area contributed by atoms with Gasteiger partial charge in [0.1, 0.15) is 41.7 Å². The second kappa shape index (κ2) is 9.22. The lowest BCUT2D eigenvalue weighted by molar-refractivity contribution is 0.170. The van der Waals surface area contributed by atoms with Crippen molar-refractivity contribution in [3.05, 3.63) is 75.9 Å². The molecule has 2 aromatic heterocycles. The molecule has 0 unspecified atom stereocenters. The number of nitrogens with zero attached hydrogens (tertiary/aromatic N) is 2. The maximum Gasteiger partial charge on any atom is 0.349 e. The summed E-state index contributed by atoms with van der Waals surface area (Å²) in [6.45, 7) is 2.87. The van der Waals surface area contributed by atoms with E-state index >= 15 is 0 Å². The fraction of sp³-hybridized carbons (Fsp3) is 0.179. The van der Waals surface area contributed by atoms with Gasteiger partial charge in [-0.3, -0.25) is 0 Å². The zero-order valence-electron chi connectivity index (χ0n) is 20.5. The molecule has 0 aliphatic carbocycles. The Bertz CT molecular complexity index is 1790. The third-order valence-corrected chi connectivity index (χ3v) is 6.42. The van der Waals surface area contributed by atoms with Crippen molar-refractivity contribution in [2.24, 2.45) is 0 Å². The van der Waals surface area contributed by atoms with Gasteiger partial charge in [0.15, 0.2) is 11.5 Å². The first-order chi connectivity index (χ1) is 18.4. The van der Waals surface area contributed by atoms with E-state index in [0.717, 1.165) is 5.56 Å². The summed E-state index contributed by atoms with van der Waals surface area (Å²) in [6.07, 6.45) is 0. The summed E-state index contributed by atoms with van der Waals surface area (Å²) in [6, 6.07) is 12.9. The molecule has 0 spiro atoms. The summed E-state index contributed by atoms with van der Waals surface area (Å²) in [5.41, 5.74) is 1.04. The van der Waals surface area contributed by atoms with Crippen molar-refractivity contribution in [2.75, 3.05) is 25.6 Å². The summed E-state index contributed by atoms with van der Waals surface area (Å²) in [5.74, 6) is 0.949. The molecule has 2 N–H and O–H groups in total. The van der Waals surface area contributed by atoms with E-state index in [-0.39, 0.29) is 51.7 Å². The predicted octanol–water partition coefficient (Wildman–Crippen LogP) is 4.95. The minimum Gasteiger partial charge on any atom is -0.508 e. The normalized spacial score (nSPS) is 12.6. The van der Waals surface area contributed by atoms with E-state index in [2.05, 4.69) is 15.3 Å². The predicted molar refractivity (Wildman–Crippen MR) is 139 cm³/mol. The molecule has 6 rings (SSSR count). The Balaban J connectivity index is 1.51. The van der Waals surface area contributed by atoms with Crippen molar-refractivity contribution in [3.63, 3.8) is 0 Å². The highest BCUT2D eigenvalue weighted by molar-refractivity contribution is 6.00. The average molecular weight is 515 g/mol. The molecule has 5 aromatic rings. The summed E-state index contributed by atoms with van der Waals surface area (Å²) in [5, 5.41) is 14.3. The Labute approximate surface area is 215 Å². The van der Waals surface area contributed by atoms with Crippen molar-refractivity contribution in [1.29, 1.82) is 0 Å². The molecule has 0 bridgehead atoms. The highest BCUT2D eigenvalue weighted by atomic mass is 19.1. The van der Waals surface area contributed by atoms with Gasteiger partial charge < -0.3 is 29.1 Å². The number of aryl methyl sites for hydroxylation is 1. The number of halogens is 1. The van der Waals surface area contributed by atoms with Crippen LogP contribution in [0.3, 0.4) is 0 Å². The number of anilines is 1. The zero-order chi connectivity index (χ0) is 26.4. The second-order valence-electron chi connectivity index (χ2n) is 8.75. The van der Waals surface area contributed by atoms with Gasteiger partial charge in [0.25, 0.3) is 0 Å². The Morgan fingerprint density at radius 2 is 1.89 bits per heavy atom. The van der Waals surface area contributed by atoms with Crippen LogP contribution in [0.15, 0.2) is 57.7 Å². The van der Waals surface area contributed by atoms with Crippen LogP contribution in [0.25, 0.3) is 33.0 Å². The number of hydrogen-bond donors (Lipinski definition) is 2. The van der Waals surface area contributed by atoms with E-state index in [1.54, 1.807) is 19.1 Å². The molecule has 192 valence electrons. The molecule has 1 aliphatic rings. The summed E-state index contributed by atoms with van der Waals surface area (Å²) in [4.78, 5) is 22.1. The van der Waals surface area contributed by atoms with Crippen LogP contribution in [0.5, 0.6) is 23.3 Å². The molecule has 3 aromatic carbocycles. The van der Waals surface area contributed by atoms with Crippen molar-refractivity contribution in [3.8, 4) is 34.6 Å². The molecule has 1 aliphatic heterocycles. The van der Waals surface area contributed by atoms with Gasteiger partial charge in [0, 0.05) is 28.6 Å². The van der Waals surface area contributed by atoms with Crippen molar-refractivity contribution >= 4 is 27.5 Å². The minimum absolute atomic E-state index is 0.0290. The van der Waals surface area contributed by atoms with Gasteiger partial charge in [0.05, 0.1) is 12.6 Å². The molecule has 38 heavy (non-hydrogen) atoms. The monoisotopic (exact) mass is 515 g/mol. The molecule has 0 saturated heterocycles. The number of phenolic OH excluding ortho intramolecular Hbond substituents is 1. The highest BCUT2D eigenvalue weighted by Crippen LogP contribution is 2.38. The standard InChI is InChI=1S/C28H22FN3O6/c1-14-23-22(27(34)38-24(14)18-12-17(33)11-15-5-3-7-19(29)21(15)18)26(32-28(31-23)35-2)30-13-16-6-4-8-20-25(16)37-10-9-36-20/h3-8,11-12,33H,9-10,13H2,1-2H3,(H,30,31,32). The summed E-state index contributed by atoms with van der Waals surface area (Å²) >= 11 is 0. The first kappa shape index (κ1) is 23.5. The maximum atomic E-state index is 14.9. The molecule has 9 nitrogen and oxygen atoms in total. The van der Waals surface area contributed by atoms with Crippen LogP contribution in [-0.4, -0.2) is 35.4 Å². The number of fused-ring (bicyclic) bond motifs is 3. The molecule has 0 atom stereocenters. The SMILES string of the molecule is COc1nc(NCc2cccc3c2OCCO3)c2c(=O)oc(-c3cc(O)cc4cccc(F)c34)c(C)c2n1. The van der Waals surface area contributed by atoms with Gasteiger partial charge in [-0.05, 0) is 36.6 Å². The van der Waals surface area contributed by atoms with Gasteiger partial charge in [-0.25, -0.2) is 9.18 Å². The molecule has 0 fully saturated rings. The van der Waals surface area contributed by atoms with E-state index in [1.807, 2.05) is 18.2 Å². The molecule has 0 amide bonds.